The zero-order chi connectivity index (χ0) is 17.2. The quantitative estimate of drug-likeness (QED) is 0.760. The molecule has 126 valence electrons. The minimum absolute atomic E-state index is 0.111. The van der Waals surface area contributed by atoms with Crippen LogP contribution in [0.5, 0.6) is 17.2 Å². The number of benzene rings is 3. The Morgan fingerprint density at radius 2 is 1.84 bits per heavy atom. The number of amides is 1. The second-order valence-corrected chi connectivity index (χ2v) is 5.90. The molecule has 6 heteroatoms. The molecular formula is C19H14ClNO4. The summed E-state index contributed by atoms with van der Waals surface area (Å²) >= 11 is 6.19. The van der Waals surface area contributed by atoms with Crippen molar-refractivity contribution in [2.24, 2.45) is 0 Å². The zero-order valence-electron chi connectivity index (χ0n) is 13.1. The summed E-state index contributed by atoms with van der Waals surface area (Å²) in [6, 6.07) is 16.4. The number of carbonyl (C=O) groups excluding carboxylic acids is 1. The molecule has 0 atom stereocenters. The molecular weight excluding hydrogens is 342 g/mol. The number of rotatable bonds is 4. The minimum atomic E-state index is -0.266. The molecule has 0 radical (unpaired) electrons. The Morgan fingerprint density at radius 1 is 1.04 bits per heavy atom. The first-order valence-electron chi connectivity index (χ1n) is 7.70. The molecule has 0 saturated heterocycles. The molecule has 4 rings (SSSR count). The average Bonchev–Trinajstić information content (AvgIpc) is 3.09. The Labute approximate surface area is 149 Å². The van der Waals surface area contributed by atoms with Crippen LogP contribution in [0.15, 0.2) is 54.6 Å². The summed E-state index contributed by atoms with van der Waals surface area (Å²) in [6.07, 6.45) is 0. The van der Waals surface area contributed by atoms with Gasteiger partial charge in [0.05, 0.1) is 0 Å². The Hall–Kier alpha value is -2.92. The number of hydrogen-bond acceptors (Lipinski definition) is 4. The van der Waals surface area contributed by atoms with E-state index in [0.717, 1.165) is 10.8 Å². The summed E-state index contributed by atoms with van der Waals surface area (Å²) in [5.41, 5.74) is 0.624. The van der Waals surface area contributed by atoms with Crippen molar-refractivity contribution in [2.75, 3.05) is 18.7 Å². The van der Waals surface area contributed by atoms with Crippen LogP contribution >= 0.6 is 11.6 Å². The van der Waals surface area contributed by atoms with Crippen molar-refractivity contribution in [1.82, 2.24) is 0 Å². The van der Waals surface area contributed by atoms with Crippen LogP contribution in [0, 0.1) is 0 Å². The number of hydrogen-bond donors (Lipinski definition) is 1. The zero-order valence-corrected chi connectivity index (χ0v) is 13.9. The number of halogens is 1. The number of carbonyl (C=O) groups is 1. The van der Waals surface area contributed by atoms with E-state index in [-0.39, 0.29) is 19.3 Å². The van der Waals surface area contributed by atoms with Crippen molar-refractivity contribution in [2.45, 2.75) is 0 Å². The highest BCUT2D eigenvalue weighted by Crippen LogP contribution is 2.34. The lowest BCUT2D eigenvalue weighted by Crippen LogP contribution is -2.20. The highest BCUT2D eigenvalue weighted by molar-refractivity contribution is 6.35. The Balaban J connectivity index is 1.45. The van der Waals surface area contributed by atoms with Gasteiger partial charge in [-0.1, -0.05) is 35.9 Å². The first-order chi connectivity index (χ1) is 12.2. The molecule has 1 amide bonds. The van der Waals surface area contributed by atoms with Gasteiger partial charge in [0.1, 0.15) is 5.75 Å². The smallest absolute Gasteiger partial charge is 0.262 e. The molecule has 25 heavy (non-hydrogen) atoms. The van der Waals surface area contributed by atoms with Crippen LogP contribution in [0.25, 0.3) is 10.8 Å². The molecule has 1 aliphatic heterocycles. The standard InChI is InChI=1S/C19H14ClNO4/c20-15-6-8-16(14-4-2-1-3-13(14)15)23-10-19(22)21-12-5-7-17-18(9-12)25-11-24-17/h1-9H,10-11H2,(H,21,22). The van der Waals surface area contributed by atoms with Crippen LogP contribution in [0.3, 0.4) is 0 Å². The fraction of sp³-hybridized carbons (Fsp3) is 0.105. The lowest BCUT2D eigenvalue weighted by molar-refractivity contribution is -0.118. The molecule has 0 saturated carbocycles. The number of ether oxygens (including phenoxy) is 3. The Morgan fingerprint density at radius 3 is 2.72 bits per heavy atom. The third kappa shape index (κ3) is 3.19. The third-order valence-corrected chi connectivity index (χ3v) is 4.18. The summed E-state index contributed by atoms with van der Waals surface area (Å²) in [5, 5.41) is 5.18. The van der Waals surface area contributed by atoms with Crippen LogP contribution in [-0.2, 0) is 4.79 Å². The lowest BCUT2D eigenvalue weighted by Gasteiger charge is -2.11. The predicted molar refractivity (Wildman–Crippen MR) is 95.6 cm³/mol. The Kier molecular flexibility index (Phi) is 4.07. The molecule has 3 aromatic carbocycles. The van der Waals surface area contributed by atoms with Crippen molar-refractivity contribution in [3.8, 4) is 17.2 Å². The second kappa shape index (κ2) is 6.53. The third-order valence-electron chi connectivity index (χ3n) is 3.85. The number of fused-ring (bicyclic) bond motifs is 2. The van der Waals surface area contributed by atoms with Crippen molar-refractivity contribution in [1.29, 1.82) is 0 Å². The summed E-state index contributed by atoms with van der Waals surface area (Å²) in [5.74, 6) is 1.63. The van der Waals surface area contributed by atoms with E-state index in [4.69, 9.17) is 25.8 Å². The van der Waals surface area contributed by atoms with Crippen LogP contribution in [0.2, 0.25) is 5.02 Å². The first kappa shape index (κ1) is 15.6. The maximum atomic E-state index is 12.2. The van der Waals surface area contributed by atoms with Gasteiger partial charge in [-0.2, -0.15) is 0 Å². The van der Waals surface area contributed by atoms with E-state index >= 15 is 0 Å². The van der Waals surface area contributed by atoms with Crippen molar-refractivity contribution >= 4 is 34.0 Å². The normalized spacial score (nSPS) is 12.2. The minimum Gasteiger partial charge on any atom is -0.483 e. The molecule has 1 N–H and O–H groups in total. The second-order valence-electron chi connectivity index (χ2n) is 5.50. The van der Waals surface area contributed by atoms with Gasteiger partial charge in [-0.05, 0) is 24.3 Å². The first-order valence-corrected chi connectivity index (χ1v) is 8.08. The van der Waals surface area contributed by atoms with Gasteiger partial charge in [0.15, 0.2) is 18.1 Å². The topological polar surface area (TPSA) is 56.8 Å². The summed E-state index contributed by atoms with van der Waals surface area (Å²) in [4.78, 5) is 12.2. The van der Waals surface area contributed by atoms with Crippen LogP contribution < -0.4 is 19.5 Å². The highest BCUT2D eigenvalue weighted by atomic mass is 35.5. The molecule has 0 spiro atoms. The molecule has 1 aliphatic rings. The van der Waals surface area contributed by atoms with Crippen LogP contribution in [0.1, 0.15) is 0 Å². The lowest BCUT2D eigenvalue weighted by atomic mass is 10.1. The van der Waals surface area contributed by atoms with Crippen LogP contribution in [-0.4, -0.2) is 19.3 Å². The van der Waals surface area contributed by atoms with Gasteiger partial charge < -0.3 is 19.5 Å². The average molecular weight is 356 g/mol. The summed E-state index contributed by atoms with van der Waals surface area (Å²) in [7, 11) is 0. The molecule has 0 aromatic heterocycles. The summed E-state index contributed by atoms with van der Waals surface area (Å²) in [6.45, 7) is 0.0829. The van der Waals surface area contributed by atoms with Crippen molar-refractivity contribution in [3.63, 3.8) is 0 Å². The fourth-order valence-electron chi connectivity index (χ4n) is 2.68. The largest absolute Gasteiger partial charge is 0.483 e. The van der Waals surface area contributed by atoms with E-state index in [1.54, 1.807) is 30.3 Å². The predicted octanol–water partition coefficient (Wildman–Crippen LogP) is 4.24. The highest BCUT2D eigenvalue weighted by Gasteiger charge is 2.14. The Bertz CT molecular complexity index is 957. The van der Waals surface area contributed by atoms with Crippen molar-refractivity contribution < 1.29 is 19.0 Å². The molecule has 1 heterocycles. The van der Waals surface area contributed by atoms with E-state index in [0.29, 0.717) is 28.0 Å². The SMILES string of the molecule is O=C(COc1ccc(Cl)c2ccccc12)Nc1ccc2c(c1)OCO2. The van der Waals surface area contributed by atoms with E-state index in [1.165, 1.54) is 0 Å². The van der Waals surface area contributed by atoms with E-state index in [2.05, 4.69) is 5.32 Å². The van der Waals surface area contributed by atoms with Gasteiger partial charge >= 0.3 is 0 Å². The van der Waals surface area contributed by atoms with Gasteiger partial charge in [0.2, 0.25) is 6.79 Å². The van der Waals surface area contributed by atoms with E-state index in [1.807, 2.05) is 24.3 Å². The molecule has 0 unspecified atom stereocenters. The van der Waals surface area contributed by atoms with E-state index < -0.39 is 0 Å². The van der Waals surface area contributed by atoms with E-state index in [9.17, 15) is 4.79 Å². The molecule has 0 bridgehead atoms. The summed E-state index contributed by atoms with van der Waals surface area (Å²) < 4.78 is 16.2. The maximum Gasteiger partial charge on any atom is 0.262 e. The monoisotopic (exact) mass is 355 g/mol. The maximum absolute atomic E-state index is 12.2. The van der Waals surface area contributed by atoms with Crippen molar-refractivity contribution in [3.05, 3.63) is 59.6 Å². The molecule has 3 aromatic rings. The number of anilines is 1. The van der Waals surface area contributed by atoms with Gasteiger partial charge in [-0.25, -0.2) is 0 Å². The molecule has 0 fully saturated rings. The van der Waals surface area contributed by atoms with Gasteiger partial charge in [0, 0.05) is 27.5 Å². The van der Waals surface area contributed by atoms with Gasteiger partial charge in [0.25, 0.3) is 5.91 Å². The molecule has 0 aliphatic carbocycles. The van der Waals surface area contributed by atoms with Gasteiger partial charge in [-0.3, -0.25) is 4.79 Å². The van der Waals surface area contributed by atoms with Crippen LogP contribution in [0.4, 0.5) is 5.69 Å². The fourth-order valence-corrected chi connectivity index (χ4v) is 2.90. The van der Waals surface area contributed by atoms with Gasteiger partial charge in [-0.15, -0.1) is 0 Å². The molecule has 5 nitrogen and oxygen atoms in total. The number of nitrogens with one attached hydrogen (secondary N) is 1.